The summed E-state index contributed by atoms with van der Waals surface area (Å²) in [5.74, 6) is 0. The number of hydrogen-bond acceptors (Lipinski definition) is 0. The van der Waals surface area contributed by atoms with Crippen molar-refractivity contribution in [3.63, 3.8) is 0 Å². The summed E-state index contributed by atoms with van der Waals surface area (Å²) >= 11 is 0. The molecule has 0 nitrogen and oxygen atoms in total. The van der Waals surface area contributed by atoms with Crippen molar-refractivity contribution in [1.29, 1.82) is 0 Å². The molecule has 124 valence electrons. The molecule has 0 heteroatoms. The molecular formula is C24H28. The van der Waals surface area contributed by atoms with E-state index in [1.54, 1.807) is 0 Å². The lowest BCUT2D eigenvalue weighted by Crippen LogP contribution is -2.06. The molecule has 3 rings (SSSR count). The van der Waals surface area contributed by atoms with Gasteiger partial charge in [-0.15, -0.1) is 0 Å². The Morgan fingerprint density at radius 2 is 0.958 bits per heavy atom. The molecule has 0 spiro atoms. The van der Waals surface area contributed by atoms with Crippen LogP contribution in [0.3, 0.4) is 0 Å². The lowest BCUT2D eigenvalue weighted by Gasteiger charge is -2.18. The largest absolute Gasteiger partial charge is 0.0842 e. The summed E-state index contributed by atoms with van der Waals surface area (Å²) in [6, 6.07) is 13.7. The minimum atomic E-state index is 1.10. The molecule has 0 saturated heterocycles. The smallest absolute Gasteiger partial charge is 0.0195 e. The zero-order valence-corrected chi connectivity index (χ0v) is 15.0. The highest BCUT2D eigenvalue weighted by Gasteiger charge is 2.12. The first-order valence-corrected chi connectivity index (χ1v) is 9.38. The fourth-order valence-electron chi connectivity index (χ4n) is 3.64. The number of allylic oxidation sites excluding steroid dienone is 2. The van der Waals surface area contributed by atoms with Gasteiger partial charge in [-0.1, -0.05) is 74.5 Å². The van der Waals surface area contributed by atoms with Gasteiger partial charge < -0.3 is 0 Å². The molecule has 0 aliphatic heterocycles. The van der Waals surface area contributed by atoms with E-state index in [-0.39, 0.29) is 0 Å². The van der Waals surface area contributed by atoms with Gasteiger partial charge in [-0.3, -0.25) is 0 Å². The van der Waals surface area contributed by atoms with Crippen LogP contribution >= 0.6 is 0 Å². The number of aryl methyl sites for hydroxylation is 4. The summed E-state index contributed by atoms with van der Waals surface area (Å²) < 4.78 is 0. The second kappa shape index (κ2) is 8.15. The molecule has 0 aromatic heterocycles. The summed E-state index contributed by atoms with van der Waals surface area (Å²) in [4.78, 5) is 0. The fraction of sp³-hybridized carbons (Fsp3) is 0.333. The zero-order chi connectivity index (χ0) is 16.8. The van der Waals surface area contributed by atoms with Crippen LogP contribution in [0.25, 0.3) is 12.2 Å². The Kier molecular flexibility index (Phi) is 5.69. The molecule has 0 N–H and O–H groups in total. The minimum absolute atomic E-state index is 1.10. The highest BCUT2D eigenvalue weighted by molar-refractivity contribution is 5.61. The Bertz CT molecular complexity index is 637. The molecule has 0 heterocycles. The summed E-state index contributed by atoms with van der Waals surface area (Å²) in [7, 11) is 0. The predicted octanol–water partition coefficient (Wildman–Crippen LogP) is 6.42. The Balaban J connectivity index is 2.03. The first-order chi connectivity index (χ1) is 11.8. The molecule has 0 amide bonds. The van der Waals surface area contributed by atoms with Gasteiger partial charge in [0.1, 0.15) is 0 Å². The molecule has 0 saturated carbocycles. The van der Waals surface area contributed by atoms with E-state index in [1.165, 1.54) is 33.4 Å². The summed E-state index contributed by atoms with van der Waals surface area (Å²) in [6.07, 6.45) is 15.9. The number of fused-ring (bicyclic) bond motifs is 4. The third-order valence-corrected chi connectivity index (χ3v) is 4.94. The van der Waals surface area contributed by atoms with E-state index in [0.29, 0.717) is 0 Å². The first kappa shape index (κ1) is 16.8. The average molecular weight is 316 g/mol. The molecule has 2 aromatic carbocycles. The SMILES string of the molecule is CC/C=C/c1c2cccc1CCc1cccc(c1/C=C/CC)CC2. The third kappa shape index (κ3) is 3.70. The third-order valence-electron chi connectivity index (χ3n) is 4.94. The quantitative estimate of drug-likeness (QED) is 0.611. The highest BCUT2D eigenvalue weighted by Crippen LogP contribution is 2.26. The molecule has 2 aromatic rings. The highest BCUT2D eigenvalue weighted by atomic mass is 14.2. The van der Waals surface area contributed by atoms with Crippen LogP contribution in [0.1, 0.15) is 60.1 Å². The Morgan fingerprint density at radius 3 is 1.25 bits per heavy atom. The van der Waals surface area contributed by atoms with Crippen LogP contribution in [-0.4, -0.2) is 0 Å². The van der Waals surface area contributed by atoms with Gasteiger partial charge in [-0.25, -0.2) is 0 Å². The molecular weight excluding hydrogens is 288 g/mol. The van der Waals surface area contributed by atoms with Crippen molar-refractivity contribution < 1.29 is 0 Å². The number of rotatable bonds is 4. The van der Waals surface area contributed by atoms with Crippen molar-refractivity contribution in [2.45, 2.75) is 52.4 Å². The Morgan fingerprint density at radius 1 is 0.625 bits per heavy atom. The van der Waals surface area contributed by atoms with E-state index in [4.69, 9.17) is 0 Å². The summed E-state index contributed by atoms with van der Waals surface area (Å²) in [5, 5.41) is 0. The molecule has 24 heavy (non-hydrogen) atoms. The topological polar surface area (TPSA) is 0 Å². The van der Waals surface area contributed by atoms with E-state index >= 15 is 0 Å². The van der Waals surface area contributed by atoms with Gasteiger partial charge in [0.05, 0.1) is 0 Å². The predicted molar refractivity (Wildman–Crippen MR) is 106 cm³/mol. The fourth-order valence-corrected chi connectivity index (χ4v) is 3.64. The van der Waals surface area contributed by atoms with Crippen LogP contribution in [0, 0.1) is 0 Å². The Labute approximate surface area is 146 Å². The van der Waals surface area contributed by atoms with Crippen LogP contribution in [0.5, 0.6) is 0 Å². The normalized spacial score (nSPS) is 14.4. The average Bonchev–Trinajstić information content (AvgIpc) is 2.61. The van der Waals surface area contributed by atoms with E-state index in [1.807, 2.05) is 0 Å². The Hall–Kier alpha value is -2.08. The monoisotopic (exact) mass is 316 g/mol. The maximum absolute atomic E-state index is 2.35. The minimum Gasteiger partial charge on any atom is -0.0842 e. The van der Waals surface area contributed by atoms with Gasteiger partial charge in [0.25, 0.3) is 0 Å². The van der Waals surface area contributed by atoms with Crippen molar-refractivity contribution in [3.05, 3.63) is 81.9 Å². The lowest BCUT2D eigenvalue weighted by molar-refractivity contribution is 0.895. The number of benzene rings is 2. The summed E-state index contributed by atoms with van der Waals surface area (Å²) in [6.45, 7) is 4.41. The maximum atomic E-state index is 2.35. The van der Waals surface area contributed by atoms with Crippen molar-refractivity contribution in [2.75, 3.05) is 0 Å². The van der Waals surface area contributed by atoms with E-state index in [9.17, 15) is 0 Å². The van der Waals surface area contributed by atoms with Gasteiger partial charge in [0.15, 0.2) is 0 Å². The van der Waals surface area contributed by atoms with Crippen LogP contribution in [-0.2, 0) is 25.7 Å². The van der Waals surface area contributed by atoms with Crippen molar-refractivity contribution in [2.24, 2.45) is 0 Å². The maximum Gasteiger partial charge on any atom is -0.0195 e. The van der Waals surface area contributed by atoms with E-state index in [0.717, 1.165) is 38.5 Å². The van der Waals surface area contributed by atoms with Crippen molar-refractivity contribution in [1.82, 2.24) is 0 Å². The zero-order valence-electron chi connectivity index (χ0n) is 15.0. The molecule has 0 atom stereocenters. The lowest BCUT2D eigenvalue weighted by atomic mass is 9.87. The van der Waals surface area contributed by atoms with Crippen LogP contribution in [0.2, 0.25) is 0 Å². The van der Waals surface area contributed by atoms with Gasteiger partial charge in [-0.05, 0) is 71.9 Å². The molecule has 0 radical (unpaired) electrons. The van der Waals surface area contributed by atoms with Gasteiger partial charge in [-0.2, -0.15) is 0 Å². The summed E-state index contributed by atoms with van der Waals surface area (Å²) in [5.41, 5.74) is 8.92. The number of hydrogen-bond donors (Lipinski definition) is 0. The second-order valence-electron chi connectivity index (χ2n) is 6.60. The molecule has 1 aliphatic rings. The first-order valence-electron chi connectivity index (χ1n) is 9.38. The van der Waals surface area contributed by atoms with Crippen molar-refractivity contribution >= 4 is 12.2 Å². The molecule has 0 unspecified atom stereocenters. The second-order valence-corrected chi connectivity index (χ2v) is 6.60. The van der Waals surface area contributed by atoms with E-state index < -0.39 is 0 Å². The van der Waals surface area contributed by atoms with Crippen LogP contribution in [0.4, 0.5) is 0 Å². The van der Waals surface area contributed by atoms with Gasteiger partial charge in [0.2, 0.25) is 0 Å². The molecule has 0 fully saturated rings. The van der Waals surface area contributed by atoms with Crippen LogP contribution in [0.15, 0.2) is 48.6 Å². The van der Waals surface area contributed by atoms with Gasteiger partial charge >= 0.3 is 0 Å². The van der Waals surface area contributed by atoms with Gasteiger partial charge in [0, 0.05) is 0 Å². The molecule has 1 aliphatic carbocycles. The molecule has 4 bridgehead atoms. The van der Waals surface area contributed by atoms with Crippen molar-refractivity contribution in [3.8, 4) is 0 Å². The van der Waals surface area contributed by atoms with Crippen LogP contribution < -0.4 is 0 Å². The standard InChI is InChI=1S/C24H28/c1-3-5-13-23-19-9-7-10-20(23)16-18-22-12-8-11-21(17-15-19)24(22)14-6-4-2/h5-14H,3-4,15-18H2,1-2H3/b13-5+,14-6+. The van der Waals surface area contributed by atoms with E-state index in [2.05, 4.69) is 74.5 Å².